The molecule has 2 N–H and O–H groups in total. The summed E-state index contributed by atoms with van der Waals surface area (Å²) in [7, 11) is 0. The minimum absolute atomic E-state index is 0.0404. The Morgan fingerprint density at radius 1 is 1.23 bits per heavy atom. The molecule has 8 nitrogen and oxygen atoms in total. The lowest BCUT2D eigenvalue weighted by atomic mass is 10.3. The van der Waals surface area contributed by atoms with E-state index < -0.39 is 10.7 Å². The van der Waals surface area contributed by atoms with Crippen molar-refractivity contribution in [2.24, 2.45) is 0 Å². The smallest absolute Gasteiger partial charge is 0.353 e. The molecule has 0 fully saturated rings. The molecule has 0 aliphatic rings. The number of hydrogen-bond acceptors (Lipinski definition) is 7. The molecule has 0 aliphatic carbocycles. The van der Waals surface area contributed by atoms with Crippen molar-refractivity contribution >= 4 is 34.6 Å². The normalized spacial score (nSPS) is 10.4. The Morgan fingerprint density at radius 2 is 2.04 bits per heavy atom. The lowest BCUT2D eigenvalue weighted by molar-refractivity contribution is -0.383. The van der Waals surface area contributed by atoms with Crippen molar-refractivity contribution in [3.8, 4) is 0 Å². The van der Waals surface area contributed by atoms with Crippen molar-refractivity contribution in [3.05, 3.63) is 75.6 Å². The van der Waals surface area contributed by atoms with E-state index in [0.717, 1.165) is 11.6 Å². The molecule has 10 heteroatoms. The molecule has 0 spiro atoms. The van der Waals surface area contributed by atoms with Gasteiger partial charge < -0.3 is 10.6 Å². The number of nitrogens with zero attached hydrogens (tertiary/aromatic N) is 4. The average molecular weight is 375 g/mol. The molecule has 0 radical (unpaired) electrons. The first-order chi connectivity index (χ1) is 12.5. The minimum atomic E-state index is -0.598. The van der Waals surface area contributed by atoms with E-state index in [0.29, 0.717) is 12.2 Å². The van der Waals surface area contributed by atoms with Gasteiger partial charge in [-0.3, -0.25) is 15.1 Å². The Morgan fingerprint density at radius 3 is 2.73 bits per heavy atom. The van der Waals surface area contributed by atoms with Gasteiger partial charge in [0.15, 0.2) is 0 Å². The van der Waals surface area contributed by atoms with Gasteiger partial charge in [-0.25, -0.2) is 14.4 Å². The number of aromatic nitrogens is 3. The molecule has 132 valence electrons. The maximum absolute atomic E-state index is 13.3. The van der Waals surface area contributed by atoms with Crippen LogP contribution in [0.5, 0.6) is 0 Å². The fourth-order valence-electron chi connectivity index (χ4n) is 2.17. The number of halogens is 2. The monoisotopic (exact) mass is 374 g/mol. The highest BCUT2D eigenvalue weighted by atomic mass is 35.5. The first-order valence-electron chi connectivity index (χ1n) is 7.39. The van der Waals surface area contributed by atoms with E-state index in [2.05, 4.69) is 25.6 Å². The first-order valence-corrected chi connectivity index (χ1v) is 7.76. The fourth-order valence-corrected chi connectivity index (χ4v) is 2.35. The van der Waals surface area contributed by atoms with Gasteiger partial charge in [-0.2, -0.15) is 0 Å². The Kier molecular flexibility index (Phi) is 5.18. The van der Waals surface area contributed by atoms with Crippen LogP contribution < -0.4 is 10.6 Å². The van der Waals surface area contributed by atoms with Crippen molar-refractivity contribution in [3.63, 3.8) is 0 Å². The molecule has 0 aliphatic heterocycles. The molecular weight excluding hydrogens is 363 g/mol. The molecule has 0 bridgehead atoms. The zero-order chi connectivity index (χ0) is 18.5. The van der Waals surface area contributed by atoms with Crippen LogP contribution in [0.25, 0.3) is 0 Å². The number of nitrogens with one attached hydrogen (secondary N) is 2. The SMILES string of the molecule is O=[N+]([O-])c1c(NCc2cccnc2)ncnc1Nc1ccc(F)c(Cl)c1. The standard InChI is InChI=1S/C16H12ClFN6O2/c17-12-6-11(3-4-13(12)18)23-16-14(24(25)26)15(21-9-22-16)20-8-10-2-1-5-19-7-10/h1-7,9H,8H2,(H2,20,21,22,23). The quantitative estimate of drug-likeness (QED) is 0.497. The molecule has 1 aromatic carbocycles. The van der Waals surface area contributed by atoms with E-state index in [4.69, 9.17) is 11.6 Å². The number of hydrogen-bond donors (Lipinski definition) is 2. The van der Waals surface area contributed by atoms with Crippen LogP contribution in [0.4, 0.5) is 27.4 Å². The summed E-state index contributed by atoms with van der Waals surface area (Å²) in [6.07, 6.45) is 4.46. The minimum Gasteiger partial charge on any atom is -0.360 e. The van der Waals surface area contributed by atoms with Crippen LogP contribution >= 0.6 is 11.6 Å². The average Bonchev–Trinajstić information content (AvgIpc) is 2.64. The summed E-state index contributed by atoms with van der Waals surface area (Å²) in [6, 6.07) is 7.45. The lowest BCUT2D eigenvalue weighted by Crippen LogP contribution is -2.08. The number of pyridine rings is 1. The van der Waals surface area contributed by atoms with Crippen molar-refractivity contribution in [1.29, 1.82) is 0 Å². The summed E-state index contributed by atoms with van der Waals surface area (Å²) in [5.41, 5.74) is 0.855. The number of benzene rings is 1. The number of anilines is 3. The summed E-state index contributed by atoms with van der Waals surface area (Å²) in [5.74, 6) is -0.584. The number of rotatable bonds is 6. The summed E-state index contributed by atoms with van der Waals surface area (Å²) in [4.78, 5) is 22.7. The van der Waals surface area contributed by atoms with Crippen LogP contribution in [0, 0.1) is 15.9 Å². The lowest BCUT2D eigenvalue weighted by Gasteiger charge is -2.10. The van der Waals surface area contributed by atoms with E-state index >= 15 is 0 Å². The second-order valence-corrected chi connectivity index (χ2v) is 5.55. The summed E-state index contributed by atoms with van der Waals surface area (Å²) in [6.45, 7) is 0.299. The van der Waals surface area contributed by atoms with Gasteiger partial charge in [0.2, 0.25) is 11.6 Å². The van der Waals surface area contributed by atoms with Crippen LogP contribution in [0.3, 0.4) is 0 Å². The summed E-state index contributed by atoms with van der Waals surface area (Å²) < 4.78 is 13.3. The third-order valence-corrected chi connectivity index (χ3v) is 3.66. The summed E-state index contributed by atoms with van der Waals surface area (Å²) in [5, 5.41) is 17.1. The predicted octanol–water partition coefficient (Wildman–Crippen LogP) is 3.93. The molecule has 2 heterocycles. The van der Waals surface area contributed by atoms with Gasteiger partial charge in [0.05, 0.1) is 9.95 Å². The maximum Gasteiger partial charge on any atom is 0.353 e. The van der Waals surface area contributed by atoms with Gasteiger partial charge in [-0.05, 0) is 29.8 Å². The largest absolute Gasteiger partial charge is 0.360 e. The van der Waals surface area contributed by atoms with Crippen molar-refractivity contribution in [2.45, 2.75) is 6.54 Å². The van der Waals surface area contributed by atoms with Crippen LogP contribution in [-0.4, -0.2) is 19.9 Å². The molecule has 0 amide bonds. The Balaban J connectivity index is 1.88. The molecule has 0 saturated carbocycles. The molecule has 26 heavy (non-hydrogen) atoms. The van der Waals surface area contributed by atoms with Crippen molar-refractivity contribution < 1.29 is 9.31 Å². The van der Waals surface area contributed by atoms with Crippen molar-refractivity contribution in [2.75, 3.05) is 10.6 Å². The van der Waals surface area contributed by atoms with Gasteiger partial charge in [0, 0.05) is 24.6 Å². The predicted molar refractivity (Wildman–Crippen MR) is 94.9 cm³/mol. The zero-order valence-corrected chi connectivity index (χ0v) is 13.9. The second-order valence-electron chi connectivity index (χ2n) is 5.15. The van der Waals surface area contributed by atoms with Crippen LogP contribution in [0.2, 0.25) is 5.02 Å². The van der Waals surface area contributed by atoms with Gasteiger partial charge in [0.1, 0.15) is 12.1 Å². The van der Waals surface area contributed by atoms with Gasteiger partial charge >= 0.3 is 5.69 Å². The maximum atomic E-state index is 13.3. The number of nitro groups is 1. The first kappa shape index (κ1) is 17.5. The van der Waals surface area contributed by atoms with Gasteiger partial charge in [0.25, 0.3) is 0 Å². The Hall–Kier alpha value is -3.33. The van der Waals surface area contributed by atoms with Gasteiger partial charge in [-0.1, -0.05) is 17.7 Å². The fraction of sp³-hybridized carbons (Fsp3) is 0.0625. The molecular formula is C16H12ClFN6O2. The van der Waals surface area contributed by atoms with Crippen molar-refractivity contribution in [1.82, 2.24) is 15.0 Å². The topological polar surface area (TPSA) is 106 Å². The van der Waals surface area contributed by atoms with Gasteiger partial charge in [-0.15, -0.1) is 0 Å². The van der Waals surface area contributed by atoms with E-state index in [-0.39, 0.29) is 22.3 Å². The van der Waals surface area contributed by atoms with Crippen LogP contribution in [0.15, 0.2) is 49.1 Å². The van der Waals surface area contributed by atoms with E-state index in [1.54, 1.807) is 18.5 Å². The molecule has 2 aromatic heterocycles. The Labute approximate surface area is 152 Å². The highest BCUT2D eigenvalue weighted by Crippen LogP contribution is 2.32. The van der Waals surface area contributed by atoms with E-state index in [1.807, 2.05) is 6.07 Å². The van der Waals surface area contributed by atoms with E-state index in [9.17, 15) is 14.5 Å². The molecule has 0 atom stereocenters. The second kappa shape index (κ2) is 7.70. The third-order valence-electron chi connectivity index (χ3n) is 3.37. The summed E-state index contributed by atoms with van der Waals surface area (Å²) >= 11 is 5.73. The molecule has 3 aromatic rings. The molecule has 0 saturated heterocycles. The van der Waals surface area contributed by atoms with E-state index in [1.165, 1.54) is 18.5 Å². The molecule has 3 rings (SSSR count). The highest BCUT2D eigenvalue weighted by molar-refractivity contribution is 6.31. The Bertz CT molecular complexity index is 941. The van der Waals surface area contributed by atoms with Crippen LogP contribution in [0.1, 0.15) is 5.56 Å². The molecule has 0 unspecified atom stereocenters. The third kappa shape index (κ3) is 4.01. The zero-order valence-electron chi connectivity index (χ0n) is 13.2. The highest BCUT2D eigenvalue weighted by Gasteiger charge is 2.23. The van der Waals surface area contributed by atoms with Crippen LogP contribution in [-0.2, 0) is 6.54 Å².